The number of methoxy groups -OCH3 is 2. The normalized spacial score (nSPS) is 18.6. The molecule has 1 atom stereocenters. The van der Waals surface area contributed by atoms with Crippen LogP contribution in [-0.4, -0.2) is 52.7 Å². The number of nitrogens with zero attached hydrogens (tertiary/aromatic N) is 2. The number of hydrogen-bond acceptors (Lipinski definition) is 5. The lowest BCUT2D eigenvalue weighted by Gasteiger charge is -2.40. The van der Waals surface area contributed by atoms with Gasteiger partial charge in [0, 0.05) is 29.0 Å². The van der Waals surface area contributed by atoms with Gasteiger partial charge in [0.1, 0.15) is 6.61 Å². The molecule has 1 aromatic carbocycles. The molecule has 1 aromatic heterocycles. The number of allylic oxidation sites excluding steroid dienone is 1. The Kier molecular flexibility index (Phi) is 7.93. The van der Waals surface area contributed by atoms with Gasteiger partial charge in [-0.15, -0.1) is 0 Å². The maximum absolute atomic E-state index is 16.2. The number of aryl methyl sites for hydroxylation is 1. The van der Waals surface area contributed by atoms with Gasteiger partial charge in [-0.25, -0.2) is 0 Å². The van der Waals surface area contributed by atoms with Gasteiger partial charge in [-0.2, -0.15) is 0 Å². The van der Waals surface area contributed by atoms with Gasteiger partial charge < -0.3 is 23.5 Å². The first-order chi connectivity index (χ1) is 17.5. The quantitative estimate of drug-likeness (QED) is 0.208. The zero-order chi connectivity index (χ0) is 27.0. The SMILES string of the molecule is COc1ccc(/C=C/c2cc(C)c3n2B(F)N2C(=C3)C=CC2(C)CCC(=O)OCC(Cl)(Cl)Cl)cc1OC. The minimum absolute atomic E-state index is 0.0434. The van der Waals surface area contributed by atoms with Crippen molar-refractivity contribution in [3.05, 3.63) is 64.6 Å². The molecule has 0 N–H and O–H groups in total. The summed E-state index contributed by atoms with van der Waals surface area (Å²) < 4.78 is 31.9. The number of benzene rings is 1. The first-order valence-electron chi connectivity index (χ1n) is 11.6. The first kappa shape index (κ1) is 27.5. The second-order valence-electron chi connectivity index (χ2n) is 9.17. The molecule has 2 aliphatic rings. The Bertz CT molecular complexity index is 1290. The molecule has 0 amide bonds. The van der Waals surface area contributed by atoms with Crippen molar-refractivity contribution in [3.8, 4) is 11.5 Å². The van der Waals surface area contributed by atoms with Crippen molar-refractivity contribution in [2.45, 2.75) is 36.0 Å². The molecule has 4 rings (SSSR count). The molecule has 0 radical (unpaired) electrons. The average molecular weight is 568 g/mol. The molecule has 0 saturated heterocycles. The summed E-state index contributed by atoms with van der Waals surface area (Å²) >= 11 is 17.0. The molecule has 0 fully saturated rings. The molecular formula is C26H27BCl3FN2O4. The fraction of sp³-hybridized carbons (Fsp3) is 0.346. The van der Waals surface area contributed by atoms with E-state index in [-0.39, 0.29) is 13.0 Å². The standard InChI is InChI=1S/C26H27BCl3FN2O4/c1-17-13-19(7-5-18-6-8-22(35-3)23(14-18)36-4)32-21(17)15-20-9-11-25(2,33(20)27(32)31)12-10-24(34)37-16-26(28,29)30/h5-9,11,13-15H,10,12,16H2,1-4H3/b7-5+. The van der Waals surface area contributed by atoms with Gasteiger partial charge in [0.2, 0.25) is 3.79 Å². The number of fused-ring (bicyclic) bond motifs is 2. The molecule has 6 nitrogen and oxygen atoms in total. The fourth-order valence-electron chi connectivity index (χ4n) is 4.64. The monoisotopic (exact) mass is 566 g/mol. The maximum Gasteiger partial charge on any atom is 0.593 e. The summed E-state index contributed by atoms with van der Waals surface area (Å²) in [5, 5.41) is 0. The summed E-state index contributed by atoms with van der Waals surface area (Å²) in [5.74, 6) is 0.733. The minimum atomic E-state index is -1.68. The second-order valence-corrected chi connectivity index (χ2v) is 11.7. The number of esters is 1. The number of ether oxygens (including phenoxy) is 3. The molecule has 1 unspecified atom stereocenters. The highest BCUT2D eigenvalue weighted by atomic mass is 35.6. The van der Waals surface area contributed by atoms with Gasteiger partial charge in [-0.05, 0) is 67.8 Å². The molecule has 196 valence electrons. The highest BCUT2D eigenvalue weighted by Gasteiger charge is 2.47. The third-order valence-electron chi connectivity index (χ3n) is 6.54. The highest BCUT2D eigenvalue weighted by molar-refractivity contribution is 6.67. The van der Waals surface area contributed by atoms with E-state index < -0.39 is 22.6 Å². The van der Waals surface area contributed by atoms with E-state index >= 15 is 4.32 Å². The third kappa shape index (κ3) is 5.81. The van der Waals surface area contributed by atoms with E-state index in [1.165, 1.54) is 0 Å². The molecule has 37 heavy (non-hydrogen) atoms. The Morgan fingerprint density at radius 3 is 2.57 bits per heavy atom. The molecular weight excluding hydrogens is 540 g/mol. The van der Waals surface area contributed by atoms with Crippen molar-refractivity contribution in [2.24, 2.45) is 0 Å². The molecule has 0 aliphatic carbocycles. The van der Waals surface area contributed by atoms with Crippen molar-refractivity contribution >= 4 is 66.3 Å². The van der Waals surface area contributed by atoms with Gasteiger partial charge in [-0.1, -0.05) is 53.0 Å². The zero-order valence-corrected chi connectivity index (χ0v) is 23.2. The van der Waals surface area contributed by atoms with Crippen molar-refractivity contribution in [2.75, 3.05) is 20.8 Å². The van der Waals surface area contributed by atoms with Crippen molar-refractivity contribution in [3.63, 3.8) is 0 Å². The number of alkyl halides is 3. The Balaban J connectivity index is 1.56. The number of halogens is 4. The van der Waals surface area contributed by atoms with E-state index in [1.807, 2.05) is 68.5 Å². The van der Waals surface area contributed by atoms with Gasteiger partial charge in [0.05, 0.1) is 14.2 Å². The highest BCUT2D eigenvalue weighted by Crippen LogP contribution is 2.41. The first-order valence-corrected chi connectivity index (χ1v) is 12.8. The van der Waals surface area contributed by atoms with Crippen LogP contribution < -0.4 is 9.47 Å². The lowest BCUT2D eigenvalue weighted by Crippen LogP contribution is -2.53. The molecule has 11 heteroatoms. The number of aromatic nitrogens is 1. The Morgan fingerprint density at radius 1 is 1.16 bits per heavy atom. The number of carbonyl (C=O) groups excluding carboxylic acids is 1. The van der Waals surface area contributed by atoms with Crippen molar-refractivity contribution < 1.29 is 23.3 Å². The topological polar surface area (TPSA) is 52.9 Å². The average Bonchev–Trinajstić information content (AvgIpc) is 3.37. The van der Waals surface area contributed by atoms with E-state index in [0.717, 1.165) is 22.5 Å². The number of rotatable bonds is 8. The summed E-state index contributed by atoms with van der Waals surface area (Å²) in [7, 11) is 1.68. The van der Waals surface area contributed by atoms with Crippen LogP contribution in [-0.2, 0) is 9.53 Å². The summed E-state index contributed by atoms with van der Waals surface area (Å²) in [6, 6.07) is 7.53. The van der Waals surface area contributed by atoms with E-state index in [2.05, 4.69) is 0 Å². The van der Waals surface area contributed by atoms with E-state index in [4.69, 9.17) is 49.0 Å². The van der Waals surface area contributed by atoms with E-state index in [0.29, 0.717) is 23.6 Å². The van der Waals surface area contributed by atoms with Gasteiger partial charge >= 0.3 is 13.2 Å². The predicted molar refractivity (Wildman–Crippen MR) is 148 cm³/mol. The molecule has 0 saturated carbocycles. The van der Waals surface area contributed by atoms with Crippen LogP contribution in [0.2, 0.25) is 0 Å². The van der Waals surface area contributed by atoms with Gasteiger partial charge in [-0.3, -0.25) is 9.11 Å². The Hall–Kier alpha value is -2.55. The second kappa shape index (κ2) is 10.7. The van der Waals surface area contributed by atoms with Crippen molar-refractivity contribution in [1.29, 1.82) is 0 Å². The van der Waals surface area contributed by atoms with Gasteiger partial charge in [0.25, 0.3) is 0 Å². The van der Waals surface area contributed by atoms with Crippen LogP contribution in [0.15, 0.2) is 42.1 Å². The van der Waals surface area contributed by atoms with Crippen LogP contribution in [0.1, 0.15) is 42.3 Å². The lowest BCUT2D eigenvalue weighted by atomic mass is 9.85. The summed E-state index contributed by atoms with van der Waals surface area (Å²) in [4.78, 5) is 13.9. The van der Waals surface area contributed by atoms with E-state index in [1.54, 1.807) is 23.5 Å². The van der Waals surface area contributed by atoms with Crippen LogP contribution in [0.4, 0.5) is 4.32 Å². The Labute approximate surface area is 231 Å². The summed E-state index contributed by atoms with van der Waals surface area (Å²) in [6.45, 7) is 3.50. The predicted octanol–water partition coefficient (Wildman–Crippen LogP) is 6.47. The smallest absolute Gasteiger partial charge is 0.493 e. The largest absolute Gasteiger partial charge is 0.593 e. The number of carbonyl (C=O) groups is 1. The molecule has 3 heterocycles. The molecule has 2 aliphatic heterocycles. The van der Waals surface area contributed by atoms with Gasteiger partial charge in [0.15, 0.2) is 11.5 Å². The molecule has 0 bridgehead atoms. The summed E-state index contributed by atoms with van der Waals surface area (Å²) in [6.07, 6.45) is 9.90. The fourth-order valence-corrected chi connectivity index (χ4v) is 4.80. The van der Waals surface area contributed by atoms with Crippen LogP contribution in [0.25, 0.3) is 18.2 Å². The zero-order valence-electron chi connectivity index (χ0n) is 20.9. The lowest BCUT2D eigenvalue weighted by molar-refractivity contribution is -0.144. The van der Waals surface area contributed by atoms with Crippen LogP contribution in [0.5, 0.6) is 11.5 Å². The van der Waals surface area contributed by atoms with Crippen LogP contribution in [0.3, 0.4) is 0 Å². The third-order valence-corrected chi connectivity index (χ3v) is 6.87. The van der Waals surface area contributed by atoms with Crippen molar-refractivity contribution in [1.82, 2.24) is 9.29 Å². The maximum atomic E-state index is 16.2. The number of hydrogen-bond donors (Lipinski definition) is 0. The van der Waals surface area contributed by atoms with Crippen LogP contribution in [0, 0.1) is 6.92 Å². The molecule has 2 aromatic rings. The Morgan fingerprint density at radius 2 is 1.89 bits per heavy atom. The van der Waals surface area contributed by atoms with E-state index in [9.17, 15) is 4.79 Å². The minimum Gasteiger partial charge on any atom is -0.493 e. The van der Waals surface area contributed by atoms with Crippen LogP contribution >= 0.6 is 34.8 Å². The molecule has 0 spiro atoms. The summed E-state index contributed by atoms with van der Waals surface area (Å²) in [5.41, 5.74) is 3.34.